The van der Waals surface area contributed by atoms with Crippen LogP contribution in [0, 0.1) is 0 Å². The summed E-state index contributed by atoms with van der Waals surface area (Å²) in [6.07, 6.45) is 5.23. The van der Waals surface area contributed by atoms with E-state index in [-0.39, 0.29) is 5.97 Å². The Morgan fingerprint density at radius 2 is 2.27 bits per heavy atom. The van der Waals surface area contributed by atoms with Crippen LogP contribution in [0.3, 0.4) is 0 Å². The Bertz CT molecular complexity index is 168. The summed E-state index contributed by atoms with van der Waals surface area (Å²) in [5, 5.41) is 0. The van der Waals surface area contributed by atoms with Crippen LogP contribution in [0.2, 0.25) is 0 Å². The predicted octanol–water partition coefficient (Wildman–Crippen LogP) is 2.42. The minimum atomic E-state index is -0.364. The number of rotatable bonds is 4. The van der Waals surface area contributed by atoms with Gasteiger partial charge < -0.3 is 4.74 Å². The first-order valence-electron chi connectivity index (χ1n) is 3.70. The van der Waals surface area contributed by atoms with E-state index >= 15 is 0 Å². The van der Waals surface area contributed by atoms with Gasteiger partial charge in [-0.1, -0.05) is 19.9 Å². The van der Waals surface area contributed by atoms with Crippen LogP contribution in [0.25, 0.3) is 0 Å². The molecular weight excluding hydrogens is 140 g/mol. The molecule has 0 aliphatic carbocycles. The van der Waals surface area contributed by atoms with Crippen LogP contribution >= 0.6 is 0 Å². The second-order valence-electron chi connectivity index (χ2n) is 2.35. The third-order valence-electron chi connectivity index (χ3n) is 1.08. The summed E-state index contributed by atoms with van der Waals surface area (Å²) >= 11 is 0. The summed E-state index contributed by atoms with van der Waals surface area (Å²) in [7, 11) is 0. The molecule has 62 valence electrons. The lowest BCUT2D eigenvalue weighted by molar-refractivity contribution is -0.133. The maximum atomic E-state index is 10.7. The molecular formula is C9H14O2. The van der Waals surface area contributed by atoms with Gasteiger partial charge in [0.15, 0.2) is 0 Å². The van der Waals surface area contributed by atoms with E-state index < -0.39 is 0 Å². The van der Waals surface area contributed by atoms with Crippen molar-refractivity contribution in [1.82, 2.24) is 0 Å². The van der Waals surface area contributed by atoms with Crippen LogP contribution in [0.15, 0.2) is 24.5 Å². The van der Waals surface area contributed by atoms with Crippen molar-refractivity contribution in [3.05, 3.63) is 24.5 Å². The molecule has 0 aliphatic rings. The third kappa shape index (κ3) is 5.40. The van der Waals surface area contributed by atoms with Gasteiger partial charge in [-0.3, -0.25) is 0 Å². The summed E-state index contributed by atoms with van der Waals surface area (Å²) in [6.45, 7) is 7.13. The zero-order valence-electron chi connectivity index (χ0n) is 7.09. The maximum absolute atomic E-state index is 10.7. The first-order valence-corrected chi connectivity index (χ1v) is 3.70. The number of ether oxygens (including phenoxy) is 1. The van der Waals surface area contributed by atoms with Gasteiger partial charge in [-0.05, 0) is 19.4 Å². The molecule has 0 N–H and O–H groups in total. The topological polar surface area (TPSA) is 26.3 Å². The summed E-state index contributed by atoms with van der Waals surface area (Å²) in [4.78, 5) is 10.7. The average Bonchev–Trinajstić information content (AvgIpc) is 1.97. The van der Waals surface area contributed by atoms with Gasteiger partial charge in [0.25, 0.3) is 0 Å². The van der Waals surface area contributed by atoms with Crippen molar-refractivity contribution in [2.75, 3.05) is 0 Å². The fourth-order valence-corrected chi connectivity index (χ4v) is 0.445. The first-order chi connectivity index (χ1) is 5.18. The Kier molecular flexibility index (Phi) is 5.17. The highest BCUT2D eigenvalue weighted by Gasteiger charge is 1.98. The fraction of sp³-hybridized carbons (Fsp3) is 0.444. The van der Waals surface area contributed by atoms with Crippen molar-refractivity contribution < 1.29 is 9.53 Å². The highest BCUT2D eigenvalue weighted by molar-refractivity contribution is 5.87. The second kappa shape index (κ2) is 5.71. The van der Waals surface area contributed by atoms with Crippen LogP contribution in [0.4, 0.5) is 0 Å². The summed E-state index contributed by atoms with van der Waals surface area (Å²) in [5.74, 6) is -0.364. The quantitative estimate of drug-likeness (QED) is 0.353. The zero-order chi connectivity index (χ0) is 8.69. The number of allylic oxidation sites excluding steroid dienone is 1. The Hall–Kier alpha value is -1.05. The summed E-state index contributed by atoms with van der Waals surface area (Å²) in [5.41, 5.74) is 0.422. The van der Waals surface area contributed by atoms with E-state index in [2.05, 4.69) is 18.2 Å². The average molecular weight is 154 g/mol. The Balaban J connectivity index is 3.53. The molecule has 0 aromatic carbocycles. The van der Waals surface area contributed by atoms with Crippen molar-refractivity contribution in [2.45, 2.75) is 26.7 Å². The molecule has 0 aromatic rings. The molecule has 0 aliphatic heterocycles. The van der Waals surface area contributed by atoms with Gasteiger partial charge in [-0.2, -0.15) is 0 Å². The van der Waals surface area contributed by atoms with Crippen molar-refractivity contribution in [2.24, 2.45) is 0 Å². The zero-order valence-corrected chi connectivity index (χ0v) is 7.09. The largest absolute Gasteiger partial charge is 0.431 e. The number of esters is 1. The fourth-order valence-electron chi connectivity index (χ4n) is 0.445. The molecule has 0 spiro atoms. The Morgan fingerprint density at radius 3 is 2.73 bits per heavy atom. The van der Waals surface area contributed by atoms with Crippen molar-refractivity contribution in [3.63, 3.8) is 0 Å². The van der Waals surface area contributed by atoms with Crippen molar-refractivity contribution >= 4 is 5.97 Å². The molecule has 0 saturated carbocycles. The molecule has 11 heavy (non-hydrogen) atoms. The lowest BCUT2D eigenvalue weighted by Gasteiger charge is -1.95. The number of hydrogen-bond acceptors (Lipinski definition) is 2. The van der Waals surface area contributed by atoms with E-state index in [1.165, 1.54) is 6.26 Å². The Morgan fingerprint density at radius 1 is 1.64 bits per heavy atom. The third-order valence-corrected chi connectivity index (χ3v) is 1.08. The minimum Gasteiger partial charge on any atom is -0.431 e. The van der Waals surface area contributed by atoms with Crippen LogP contribution < -0.4 is 0 Å². The minimum absolute atomic E-state index is 0.364. The molecule has 0 aromatic heterocycles. The maximum Gasteiger partial charge on any atom is 0.337 e. The molecule has 0 saturated heterocycles. The van der Waals surface area contributed by atoms with E-state index in [9.17, 15) is 4.79 Å². The van der Waals surface area contributed by atoms with Crippen LogP contribution in [-0.4, -0.2) is 5.97 Å². The van der Waals surface area contributed by atoms with Gasteiger partial charge in [-0.25, -0.2) is 4.79 Å². The molecule has 0 atom stereocenters. The van der Waals surface area contributed by atoms with E-state index in [1.54, 1.807) is 6.92 Å². The van der Waals surface area contributed by atoms with E-state index in [0.717, 1.165) is 12.8 Å². The normalized spacial score (nSPS) is 10.0. The molecule has 0 fully saturated rings. The van der Waals surface area contributed by atoms with Crippen molar-refractivity contribution in [3.8, 4) is 0 Å². The highest BCUT2D eigenvalue weighted by Crippen LogP contribution is 1.94. The number of hydrogen-bond donors (Lipinski definition) is 0. The second-order valence-corrected chi connectivity index (χ2v) is 2.35. The molecule has 0 radical (unpaired) electrons. The first kappa shape index (κ1) is 9.95. The van der Waals surface area contributed by atoms with Crippen molar-refractivity contribution in [1.29, 1.82) is 0 Å². The number of carbonyl (C=O) groups excluding carboxylic acids is 1. The molecule has 2 nitrogen and oxygen atoms in total. The number of carbonyl (C=O) groups is 1. The molecule has 2 heteroatoms. The molecule has 0 unspecified atom stereocenters. The van der Waals surface area contributed by atoms with E-state index in [0.29, 0.717) is 5.57 Å². The van der Waals surface area contributed by atoms with Gasteiger partial charge >= 0.3 is 5.97 Å². The Labute approximate surface area is 67.6 Å². The molecule has 0 rings (SSSR count). The van der Waals surface area contributed by atoms with Crippen LogP contribution in [0.1, 0.15) is 26.7 Å². The highest BCUT2D eigenvalue weighted by atomic mass is 16.5. The van der Waals surface area contributed by atoms with Gasteiger partial charge in [0.2, 0.25) is 0 Å². The predicted molar refractivity (Wildman–Crippen MR) is 45.0 cm³/mol. The SMILES string of the molecule is C=C(C)C(=O)OC=CCCC. The molecule has 0 heterocycles. The lowest BCUT2D eigenvalue weighted by Crippen LogP contribution is -1.98. The van der Waals surface area contributed by atoms with Gasteiger partial charge in [0, 0.05) is 5.57 Å². The van der Waals surface area contributed by atoms with Gasteiger partial charge in [-0.15, -0.1) is 0 Å². The number of unbranched alkanes of at least 4 members (excludes halogenated alkanes) is 1. The lowest BCUT2D eigenvalue weighted by atomic mass is 10.3. The van der Waals surface area contributed by atoms with E-state index in [1.807, 2.05) is 6.08 Å². The van der Waals surface area contributed by atoms with E-state index in [4.69, 9.17) is 0 Å². The smallest absolute Gasteiger partial charge is 0.337 e. The van der Waals surface area contributed by atoms with Crippen LogP contribution in [0.5, 0.6) is 0 Å². The van der Waals surface area contributed by atoms with Crippen LogP contribution in [-0.2, 0) is 9.53 Å². The molecule has 0 amide bonds. The van der Waals surface area contributed by atoms with Gasteiger partial charge in [0.1, 0.15) is 0 Å². The molecule has 0 bridgehead atoms. The van der Waals surface area contributed by atoms with Gasteiger partial charge in [0.05, 0.1) is 6.26 Å². The summed E-state index contributed by atoms with van der Waals surface area (Å²) in [6, 6.07) is 0. The standard InChI is InChI=1S/C9H14O2/c1-4-5-6-7-11-9(10)8(2)3/h6-7H,2,4-5H2,1,3H3. The monoisotopic (exact) mass is 154 g/mol. The summed E-state index contributed by atoms with van der Waals surface area (Å²) < 4.78 is 4.69.